The van der Waals surface area contributed by atoms with Gasteiger partial charge in [-0.1, -0.05) is 29.8 Å². The highest BCUT2D eigenvalue weighted by Crippen LogP contribution is 2.19. The van der Waals surface area contributed by atoms with Crippen molar-refractivity contribution in [1.29, 1.82) is 0 Å². The summed E-state index contributed by atoms with van der Waals surface area (Å²) in [4.78, 5) is 11.8. The van der Waals surface area contributed by atoms with E-state index >= 15 is 0 Å². The third kappa shape index (κ3) is 4.62. The molecule has 0 saturated heterocycles. The summed E-state index contributed by atoms with van der Waals surface area (Å²) in [5, 5.41) is 2.89. The Balaban J connectivity index is 2.55. The highest BCUT2D eigenvalue weighted by molar-refractivity contribution is 5.79. The zero-order valence-corrected chi connectivity index (χ0v) is 11.3. The Morgan fingerprint density at radius 3 is 2.89 bits per heavy atom. The number of allylic oxidation sites excluding steroid dienone is 1. The Kier molecular flexibility index (Phi) is 5.98. The van der Waals surface area contributed by atoms with Crippen LogP contribution in [0.5, 0.6) is 5.75 Å². The number of rotatable bonds is 6. The number of ether oxygens (including phenoxy) is 1. The van der Waals surface area contributed by atoms with Gasteiger partial charge in [0, 0.05) is 12.1 Å². The summed E-state index contributed by atoms with van der Waals surface area (Å²) >= 11 is 0. The summed E-state index contributed by atoms with van der Waals surface area (Å²) in [5.74, 6) is 0.799. The quantitative estimate of drug-likeness (QED) is 0.620. The molecule has 0 unspecified atom stereocenters. The molecule has 1 aromatic rings. The minimum absolute atomic E-state index is 0.0309. The van der Waals surface area contributed by atoms with Gasteiger partial charge in [0.2, 0.25) is 5.91 Å². The molecule has 1 rings (SSSR count). The Morgan fingerprint density at radius 2 is 2.22 bits per heavy atom. The second kappa shape index (κ2) is 7.54. The van der Waals surface area contributed by atoms with Crippen LogP contribution in [0.1, 0.15) is 24.5 Å². The lowest BCUT2D eigenvalue weighted by Gasteiger charge is -2.09. The second-order valence-electron chi connectivity index (χ2n) is 4.20. The predicted molar refractivity (Wildman–Crippen MR) is 73.9 cm³/mol. The molecule has 3 nitrogen and oxygen atoms in total. The molecule has 1 aromatic carbocycles. The lowest BCUT2D eigenvalue weighted by Crippen LogP contribution is -2.26. The number of amides is 1. The van der Waals surface area contributed by atoms with Crippen molar-refractivity contribution >= 4 is 5.91 Å². The molecule has 0 saturated carbocycles. The highest BCUT2D eigenvalue weighted by Gasteiger charge is 2.08. The van der Waals surface area contributed by atoms with E-state index in [9.17, 15) is 4.79 Å². The predicted octanol–water partition coefficient (Wildman–Crippen LogP) is 2.63. The molecule has 1 amide bonds. The number of carbonyl (C=O) groups is 1. The summed E-state index contributed by atoms with van der Waals surface area (Å²) in [6.45, 7) is 4.66. The third-order valence-corrected chi connectivity index (χ3v) is 2.66. The van der Waals surface area contributed by atoms with Gasteiger partial charge in [-0.15, -0.1) is 0 Å². The van der Waals surface area contributed by atoms with Crippen molar-refractivity contribution in [1.82, 2.24) is 5.32 Å². The molecular formula is C15H21NO2. The van der Waals surface area contributed by atoms with Crippen molar-refractivity contribution in [3.63, 3.8) is 0 Å². The van der Waals surface area contributed by atoms with Gasteiger partial charge < -0.3 is 10.1 Å². The normalized spacial score (nSPS) is 10.6. The average Bonchev–Trinajstić information content (AvgIpc) is 2.35. The standard InChI is InChI=1S/C15H21NO2/c1-4-5-6-9-16-15(17)11-13-10-12(2)7-8-14(13)18-3/h4-5,7-8,10H,6,9,11H2,1-3H3,(H,16,17)/b5-4+. The number of benzene rings is 1. The van der Waals surface area contributed by atoms with Gasteiger partial charge in [0.05, 0.1) is 13.5 Å². The van der Waals surface area contributed by atoms with Crippen molar-refractivity contribution < 1.29 is 9.53 Å². The van der Waals surface area contributed by atoms with Gasteiger partial charge in [-0.2, -0.15) is 0 Å². The zero-order chi connectivity index (χ0) is 13.4. The number of aryl methyl sites for hydroxylation is 1. The Hall–Kier alpha value is -1.77. The van der Waals surface area contributed by atoms with Crippen LogP contribution in [0.25, 0.3) is 0 Å². The van der Waals surface area contributed by atoms with Crippen LogP contribution >= 0.6 is 0 Å². The van der Waals surface area contributed by atoms with E-state index < -0.39 is 0 Å². The van der Waals surface area contributed by atoms with E-state index in [1.165, 1.54) is 0 Å². The number of carbonyl (C=O) groups excluding carboxylic acids is 1. The molecule has 0 aliphatic rings. The largest absolute Gasteiger partial charge is 0.496 e. The van der Waals surface area contributed by atoms with E-state index in [4.69, 9.17) is 4.74 Å². The molecule has 1 N–H and O–H groups in total. The van der Waals surface area contributed by atoms with Crippen molar-refractivity contribution in [3.8, 4) is 5.75 Å². The van der Waals surface area contributed by atoms with Gasteiger partial charge >= 0.3 is 0 Å². The van der Waals surface area contributed by atoms with Crippen LogP contribution in [0, 0.1) is 6.92 Å². The Morgan fingerprint density at radius 1 is 1.44 bits per heavy atom. The molecule has 0 bridgehead atoms. The molecule has 0 heterocycles. The van der Waals surface area contributed by atoms with Crippen molar-refractivity contribution in [2.24, 2.45) is 0 Å². The number of hydrogen-bond acceptors (Lipinski definition) is 2. The lowest BCUT2D eigenvalue weighted by atomic mass is 10.1. The third-order valence-electron chi connectivity index (χ3n) is 2.66. The van der Waals surface area contributed by atoms with E-state index in [-0.39, 0.29) is 5.91 Å². The first kappa shape index (κ1) is 14.3. The number of nitrogens with one attached hydrogen (secondary N) is 1. The average molecular weight is 247 g/mol. The fourth-order valence-corrected chi connectivity index (χ4v) is 1.74. The van der Waals surface area contributed by atoms with Crippen LogP contribution in [0.3, 0.4) is 0 Å². The smallest absolute Gasteiger partial charge is 0.224 e. The van der Waals surface area contributed by atoms with Gasteiger partial charge in [-0.3, -0.25) is 4.79 Å². The minimum Gasteiger partial charge on any atom is -0.496 e. The van der Waals surface area contributed by atoms with Crippen LogP contribution in [0.4, 0.5) is 0 Å². The van der Waals surface area contributed by atoms with Gasteiger partial charge in [-0.05, 0) is 26.3 Å². The fourth-order valence-electron chi connectivity index (χ4n) is 1.74. The van der Waals surface area contributed by atoms with Crippen LogP contribution in [0.15, 0.2) is 30.4 Å². The van der Waals surface area contributed by atoms with Crippen LogP contribution in [-0.2, 0) is 11.2 Å². The molecular weight excluding hydrogens is 226 g/mol. The molecule has 18 heavy (non-hydrogen) atoms. The van der Waals surface area contributed by atoms with Crippen molar-refractivity contribution in [2.45, 2.75) is 26.7 Å². The van der Waals surface area contributed by atoms with Crippen LogP contribution < -0.4 is 10.1 Å². The molecule has 0 aromatic heterocycles. The van der Waals surface area contributed by atoms with E-state index in [1.807, 2.05) is 44.2 Å². The van der Waals surface area contributed by atoms with Gasteiger partial charge in [0.1, 0.15) is 5.75 Å². The molecule has 3 heteroatoms. The lowest BCUT2D eigenvalue weighted by molar-refractivity contribution is -0.120. The first-order valence-corrected chi connectivity index (χ1v) is 6.18. The summed E-state index contributed by atoms with van der Waals surface area (Å²) in [6.07, 6.45) is 5.25. The van der Waals surface area contributed by atoms with Crippen molar-refractivity contribution in [2.75, 3.05) is 13.7 Å². The Labute approximate surface area is 109 Å². The van der Waals surface area contributed by atoms with E-state index in [2.05, 4.69) is 5.32 Å². The minimum atomic E-state index is 0.0309. The maximum atomic E-state index is 11.8. The van der Waals surface area contributed by atoms with Gasteiger partial charge in [-0.25, -0.2) is 0 Å². The van der Waals surface area contributed by atoms with Gasteiger partial charge in [0.15, 0.2) is 0 Å². The molecule has 0 fully saturated rings. The fraction of sp³-hybridized carbons (Fsp3) is 0.400. The van der Waals surface area contributed by atoms with Crippen LogP contribution in [-0.4, -0.2) is 19.6 Å². The maximum absolute atomic E-state index is 11.8. The molecule has 0 atom stereocenters. The molecule has 0 aliphatic heterocycles. The number of hydrogen-bond donors (Lipinski definition) is 1. The van der Waals surface area contributed by atoms with Gasteiger partial charge in [0.25, 0.3) is 0 Å². The summed E-state index contributed by atoms with van der Waals surface area (Å²) < 4.78 is 5.25. The number of methoxy groups -OCH3 is 1. The first-order chi connectivity index (χ1) is 8.67. The zero-order valence-electron chi connectivity index (χ0n) is 11.3. The van der Waals surface area contributed by atoms with Crippen LogP contribution in [0.2, 0.25) is 0 Å². The second-order valence-corrected chi connectivity index (χ2v) is 4.20. The summed E-state index contributed by atoms with van der Waals surface area (Å²) in [5.41, 5.74) is 2.06. The molecule has 0 aliphatic carbocycles. The first-order valence-electron chi connectivity index (χ1n) is 6.18. The Bertz CT molecular complexity index is 425. The maximum Gasteiger partial charge on any atom is 0.224 e. The molecule has 0 spiro atoms. The molecule has 98 valence electrons. The van der Waals surface area contributed by atoms with E-state index in [1.54, 1.807) is 7.11 Å². The summed E-state index contributed by atoms with van der Waals surface area (Å²) in [6, 6.07) is 5.87. The van der Waals surface area contributed by atoms with Crippen molar-refractivity contribution in [3.05, 3.63) is 41.5 Å². The SMILES string of the molecule is C/C=C/CCNC(=O)Cc1cc(C)ccc1OC. The van der Waals surface area contributed by atoms with E-state index in [0.29, 0.717) is 13.0 Å². The monoisotopic (exact) mass is 247 g/mol. The van der Waals surface area contributed by atoms with E-state index in [0.717, 1.165) is 23.3 Å². The highest BCUT2D eigenvalue weighted by atomic mass is 16.5. The topological polar surface area (TPSA) is 38.3 Å². The summed E-state index contributed by atoms with van der Waals surface area (Å²) in [7, 11) is 1.62. The molecule has 0 radical (unpaired) electrons.